The molecule has 1 aromatic heterocycles. The second-order valence-corrected chi connectivity index (χ2v) is 1.47. The first-order chi connectivity index (χ1) is 4.39. The summed E-state index contributed by atoms with van der Waals surface area (Å²) in [4.78, 5) is 5.95. The molecule has 0 saturated carbocycles. The van der Waals surface area contributed by atoms with Gasteiger partial charge in [0.15, 0.2) is 0 Å². The van der Waals surface area contributed by atoms with Crippen LogP contribution in [0.15, 0.2) is 24.4 Å². The third-order valence-corrected chi connectivity index (χ3v) is 0.813. The molecule has 1 nitrogen and oxygen atoms in total. The molecule has 0 saturated heterocycles. The molecule has 0 N–H and O–H groups in total. The molecule has 1 aromatic rings. The molecule has 1 rings (SSSR count). The van der Waals surface area contributed by atoms with E-state index in [1.54, 1.807) is 6.20 Å². The van der Waals surface area contributed by atoms with Gasteiger partial charge < -0.3 is 0 Å². The van der Waals surface area contributed by atoms with Gasteiger partial charge in [-0.05, 0) is 24.0 Å². The smallest absolute Gasteiger partial charge is 0.0372 e. The summed E-state index contributed by atoms with van der Waals surface area (Å²) in [6, 6.07) is 5.86. The fourth-order valence-electron chi connectivity index (χ4n) is 0.448. The van der Waals surface area contributed by atoms with Gasteiger partial charge in [0, 0.05) is 11.9 Å². The van der Waals surface area contributed by atoms with Gasteiger partial charge in [0.1, 0.15) is 0 Å². The van der Waals surface area contributed by atoms with E-state index in [9.17, 15) is 0 Å². The van der Waals surface area contributed by atoms with Crippen molar-refractivity contribution in [2.24, 2.45) is 0 Å². The number of nitrogens with zero attached hydrogens (tertiary/aromatic N) is 1. The van der Waals surface area contributed by atoms with Crippen LogP contribution in [-0.2, 0) is 0 Å². The van der Waals surface area contributed by atoms with Crippen LogP contribution in [-0.4, -0.2) is 9.91 Å². The molecule has 2 heteroatoms. The highest BCUT2D eigenvalue weighted by Gasteiger charge is 1.73. The summed E-state index contributed by atoms with van der Waals surface area (Å²) in [5.41, 5.74) is 1.07. The number of aromatic nitrogens is 1. The summed E-state index contributed by atoms with van der Waals surface area (Å²) in [6.45, 7) is 1.97. The standard InChI is InChI=1S/C6H7N.CH3I/c1-6-4-2-3-5-7-6;1-2/h2-5H,1H3;1H3. The van der Waals surface area contributed by atoms with Crippen molar-refractivity contribution in [3.8, 4) is 0 Å². The first-order valence-electron chi connectivity index (χ1n) is 2.65. The summed E-state index contributed by atoms with van der Waals surface area (Å²) >= 11 is 2.15. The number of aryl methyl sites for hydroxylation is 1. The van der Waals surface area contributed by atoms with Gasteiger partial charge in [-0.3, -0.25) is 4.98 Å². The summed E-state index contributed by atoms with van der Waals surface area (Å²) in [6.07, 6.45) is 1.79. The summed E-state index contributed by atoms with van der Waals surface area (Å²) in [7, 11) is 0. The van der Waals surface area contributed by atoms with E-state index in [4.69, 9.17) is 0 Å². The molecule has 9 heavy (non-hydrogen) atoms. The van der Waals surface area contributed by atoms with E-state index in [1.165, 1.54) is 0 Å². The van der Waals surface area contributed by atoms with Crippen LogP contribution < -0.4 is 0 Å². The van der Waals surface area contributed by atoms with Gasteiger partial charge in [-0.25, -0.2) is 0 Å². The Kier molecular flexibility index (Phi) is 5.93. The van der Waals surface area contributed by atoms with E-state index in [0.29, 0.717) is 0 Å². The third kappa shape index (κ3) is 4.39. The zero-order valence-electron chi connectivity index (χ0n) is 5.63. The Labute approximate surface area is 69.6 Å². The van der Waals surface area contributed by atoms with E-state index in [0.717, 1.165) is 5.69 Å². The lowest BCUT2D eigenvalue weighted by molar-refractivity contribution is 1.20. The molecule has 1 heterocycles. The zero-order valence-corrected chi connectivity index (χ0v) is 7.79. The molecule has 0 fully saturated rings. The Hall–Kier alpha value is -0.120. The lowest BCUT2D eigenvalue weighted by Gasteiger charge is -1.82. The maximum absolute atomic E-state index is 3.98. The highest BCUT2D eigenvalue weighted by Crippen LogP contribution is 1.85. The summed E-state index contributed by atoms with van der Waals surface area (Å²) < 4.78 is 0. The lowest BCUT2D eigenvalue weighted by atomic mass is 10.4. The van der Waals surface area contributed by atoms with Crippen molar-refractivity contribution in [1.82, 2.24) is 4.98 Å². The van der Waals surface area contributed by atoms with Crippen molar-refractivity contribution in [2.75, 3.05) is 4.93 Å². The van der Waals surface area contributed by atoms with Crippen LogP contribution in [0.3, 0.4) is 0 Å². The number of pyridine rings is 1. The number of hydrogen-bond acceptors (Lipinski definition) is 1. The SMILES string of the molecule is CI.Cc1ccccn1. The first-order valence-corrected chi connectivity index (χ1v) is 4.81. The molecule has 0 bridgehead atoms. The minimum Gasteiger partial charge on any atom is -0.262 e. The Morgan fingerprint density at radius 2 is 2.00 bits per heavy atom. The van der Waals surface area contributed by atoms with Crippen LogP contribution >= 0.6 is 22.6 Å². The van der Waals surface area contributed by atoms with Crippen LogP contribution in [0, 0.1) is 6.92 Å². The largest absolute Gasteiger partial charge is 0.262 e. The van der Waals surface area contributed by atoms with Gasteiger partial charge in [-0.15, -0.1) is 0 Å². The molecular weight excluding hydrogens is 225 g/mol. The molecule has 0 aromatic carbocycles. The maximum atomic E-state index is 3.98. The molecular formula is C7H10IN. The van der Waals surface area contributed by atoms with Crippen molar-refractivity contribution in [3.05, 3.63) is 30.1 Å². The highest BCUT2D eigenvalue weighted by molar-refractivity contribution is 14.1. The molecule has 0 radical (unpaired) electrons. The predicted octanol–water partition coefficient (Wildman–Crippen LogP) is 2.44. The first kappa shape index (κ1) is 8.88. The Morgan fingerprint density at radius 1 is 1.33 bits per heavy atom. The molecule has 0 aliphatic heterocycles. The van der Waals surface area contributed by atoms with E-state index in [-0.39, 0.29) is 0 Å². The molecule has 0 aliphatic carbocycles. The molecule has 0 aliphatic rings. The van der Waals surface area contributed by atoms with Crippen molar-refractivity contribution < 1.29 is 0 Å². The molecule has 0 atom stereocenters. The Morgan fingerprint density at radius 3 is 2.22 bits per heavy atom. The lowest BCUT2D eigenvalue weighted by Crippen LogP contribution is -1.72. The highest BCUT2D eigenvalue weighted by atomic mass is 127. The molecule has 0 amide bonds. The van der Waals surface area contributed by atoms with Crippen LogP contribution in [0.1, 0.15) is 5.69 Å². The van der Waals surface area contributed by atoms with E-state index in [2.05, 4.69) is 27.6 Å². The zero-order chi connectivity index (χ0) is 7.11. The maximum Gasteiger partial charge on any atom is 0.0372 e. The number of rotatable bonds is 0. The van der Waals surface area contributed by atoms with E-state index in [1.807, 2.05) is 30.1 Å². The van der Waals surface area contributed by atoms with Gasteiger partial charge in [0.05, 0.1) is 0 Å². The quantitative estimate of drug-likeness (QED) is 0.497. The average molecular weight is 235 g/mol. The van der Waals surface area contributed by atoms with E-state index >= 15 is 0 Å². The molecule has 0 spiro atoms. The van der Waals surface area contributed by atoms with Crippen LogP contribution in [0.5, 0.6) is 0 Å². The van der Waals surface area contributed by atoms with Gasteiger partial charge in [0.2, 0.25) is 0 Å². The predicted molar refractivity (Wildman–Crippen MR) is 48.9 cm³/mol. The topological polar surface area (TPSA) is 12.9 Å². The van der Waals surface area contributed by atoms with Crippen molar-refractivity contribution >= 4 is 22.6 Å². The fraction of sp³-hybridized carbons (Fsp3) is 0.286. The van der Waals surface area contributed by atoms with Gasteiger partial charge in [-0.2, -0.15) is 0 Å². The van der Waals surface area contributed by atoms with Gasteiger partial charge >= 0.3 is 0 Å². The van der Waals surface area contributed by atoms with Crippen LogP contribution in [0.2, 0.25) is 0 Å². The monoisotopic (exact) mass is 235 g/mol. The van der Waals surface area contributed by atoms with Crippen molar-refractivity contribution in [2.45, 2.75) is 6.92 Å². The third-order valence-electron chi connectivity index (χ3n) is 0.813. The second-order valence-electron chi connectivity index (χ2n) is 1.47. The summed E-state index contributed by atoms with van der Waals surface area (Å²) in [5.74, 6) is 0. The Bertz CT molecular complexity index is 139. The second kappa shape index (κ2) is 6.01. The fourth-order valence-corrected chi connectivity index (χ4v) is 0.448. The summed E-state index contributed by atoms with van der Waals surface area (Å²) in [5, 5.41) is 0. The number of halogens is 1. The van der Waals surface area contributed by atoms with Gasteiger partial charge in [-0.1, -0.05) is 28.7 Å². The van der Waals surface area contributed by atoms with Gasteiger partial charge in [0.25, 0.3) is 0 Å². The number of alkyl halides is 1. The Balaban J connectivity index is 0.000000291. The van der Waals surface area contributed by atoms with Crippen LogP contribution in [0.25, 0.3) is 0 Å². The van der Waals surface area contributed by atoms with Crippen molar-refractivity contribution in [1.29, 1.82) is 0 Å². The average Bonchev–Trinajstić information content (AvgIpc) is 1.94. The number of hydrogen-bond donors (Lipinski definition) is 0. The molecule has 50 valence electrons. The molecule has 0 unspecified atom stereocenters. The van der Waals surface area contributed by atoms with Crippen molar-refractivity contribution in [3.63, 3.8) is 0 Å². The minimum atomic E-state index is 1.07. The minimum absolute atomic E-state index is 1.07. The van der Waals surface area contributed by atoms with E-state index < -0.39 is 0 Å². The normalized spacial score (nSPS) is 7.44. The van der Waals surface area contributed by atoms with Crippen LogP contribution in [0.4, 0.5) is 0 Å².